The first kappa shape index (κ1) is 18.5. The third kappa shape index (κ3) is 4.02. The van der Waals surface area contributed by atoms with Gasteiger partial charge in [0.25, 0.3) is 0 Å². The molecule has 3 aromatic rings. The van der Waals surface area contributed by atoms with E-state index in [0.29, 0.717) is 6.61 Å². The molecule has 0 aliphatic carbocycles. The number of aromatic nitrogens is 1. The molecule has 0 atom stereocenters. The number of carbonyl (C=O) groups excluding carboxylic acids is 1. The van der Waals surface area contributed by atoms with Gasteiger partial charge in [0.1, 0.15) is 0 Å². The number of rotatable bonds is 6. The summed E-state index contributed by atoms with van der Waals surface area (Å²) in [6.07, 6.45) is 2.82. The van der Waals surface area contributed by atoms with Crippen LogP contribution in [0.25, 0.3) is 11.0 Å². The van der Waals surface area contributed by atoms with Crippen LogP contribution in [0.5, 0.6) is 0 Å². The second kappa shape index (κ2) is 8.44. The molecule has 28 heavy (non-hydrogen) atoms. The SMILES string of the molecule is CCOC(=O)c1cc2cccc(N3CCN(CCc4ccccn4)CC3)c2o1. The van der Waals surface area contributed by atoms with E-state index < -0.39 is 5.97 Å². The summed E-state index contributed by atoms with van der Waals surface area (Å²) < 4.78 is 10.9. The summed E-state index contributed by atoms with van der Waals surface area (Å²) >= 11 is 0. The van der Waals surface area contributed by atoms with Crippen LogP contribution in [-0.2, 0) is 11.2 Å². The Hall–Kier alpha value is -2.86. The molecule has 146 valence electrons. The molecule has 0 saturated carbocycles. The van der Waals surface area contributed by atoms with Gasteiger partial charge in [-0.1, -0.05) is 18.2 Å². The van der Waals surface area contributed by atoms with Crippen LogP contribution >= 0.6 is 0 Å². The van der Waals surface area contributed by atoms with Gasteiger partial charge < -0.3 is 14.1 Å². The van der Waals surface area contributed by atoms with Gasteiger partial charge in [-0.15, -0.1) is 0 Å². The first-order valence-corrected chi connectivity index (χ1v) is 9.81. The molecule has 0 unspecified atom stereocenters. The van der Waals surface area contributed by atoms with Crippen molar-refractivity contribution in [1.82, 2.24) is 9.88 Å². The molecule has 0 bridgehead atoms. The van der Waals surface area contributed by atoms with Crippen LogP contribution < -0.4 is 4.90 Å². The number of piperazine rings is 1. The Morgan fingerprint density at radius 2 is 2.00 bits per heavy atom. The molecule has 2 aromatic heterocycles. The largest absolute Gasteiger partial charge is 0.460 e. The topological polar surface area (TPSA) is 58.8 Å². The maximum atomic E-state index is 12.0. The fourth-order valence-corrected chi connectivity index (χ4v) is 3.63. The van der Waals surface area contributed by atoms with Crippen molar-refractivity contribution in [3.05, 3.63) is 60.1 Å². The average molecular weight is 379 g/mol. The lowest BCUT2D eigenvalue weighted by molar-refractivity contribution is 0.0492. The smallest absolute Gasteiger partial charge is 0.374 e. The number of benzene rings is 1. The van der Waals surface area contributed by atoms with E-state index in [1.54, 1.807) is 13.0 Å². The van der Waals surface area contributed by atoms with Crippen LogP contribution in [-0.4, -0.2) is 55.2 Å². The number of nitrogens with zero attached hydrogens (tertiary/aromatic N) is 3. The third-order valence-electron chi connectivity index (χ3n) is 5.12. The highest BCUT2D eigenvalue weighted by Gasteiger charge is 2.21. The molecule has 6 heteroatoms. The van der Waals surface area contributed by atoms with Crippen molar-refractivity contribution in [2.75, 3.05) is 44.2 Å². The minimum Gasteiger partial charge on any atom is -0.460 e. The van der Waals surface area contributed by atoms with Crippen molar-refractivity contribution in [2.45, 2.75) is 13.3 Å². The molecule has 0 spiro atoms. The van der Waals surface area contributed by atoms with Gasteiger partial charge in [-0.2, -0.15) is 0 Å². The summed E-state index contributed by atoms with van der Waals surface area (Å²) in [4.78, 5) is 21.2. The number of ether oxygens (including phenoxy) is 1. The Labute approximate surface area is 164 Å². The highest BCUT2D eigenvalue weighted by atomic mass is 16.5. The summed E-state index contributed by atoms with van der Waals surface area (Å²) in [5, 5.41) is 0.929. The minimum absolute atomic E-state index is 0.262. The van der Waals surface area contributed by atoms with Gasteiger partial charge in [0, 0.05) is 56.4 Å². The van der Waals surface area contributed by atoms with E-state index in [0.717, 1.165) is 61.5 Å². The van der Waals surface area contributed by atoms with E-state index in [1.807, 2.05) is 30.5 Å². The molecule has 0 radical (unpaired) electrons. The van der Waals surface area contributed by atoms with Crippen LogP contribution in [0.4, 0.5) is 5.69 Å². The summed E-state index contributed by atoms with van der Waals surface area (Å²) in [6, 6.07) is 13.9. The monoisotopic (exact) mass is 379 g/mol. The van der Waals surface area contributed by atoms with Crippen molar-refractivity contribution in [3.63, 3.8) is 0 Å². The van der Waals surface area contributed by atoms with Crippen molar-refractivity contribution < 1.29 is 13.9 Å². The minimum atomic E-state index is -0.413. The highest BCUT2D eigenvalue weighted by Crippen LogP contribution is 2.30. The van der Waals surface area contributed by atoms with Crippen molar-refractivity contribution in [1.29, 1.82) is 0 Å². The van der Waals surface area contributed by atoms with Crippen LogP contribution in [0.15, 0.2) is 53.1 Å². The number of fused-ring (bicyclic) bond motifs is 1. The molecule has 1 aliphatic heterocycles. The fraction of sp³-hybridized carbons (Fsp3) is 0.364. The Kier molecular flexibility index (Phi) is 5.58. The molecule has 1 fully saturated rings. The van der Waals surface area contributed by atoms with Crippen LogP contribution in [0, 0.1) is 0 Å². The van der Waals surface area contributed by atoms with E-state index in [4.69, 9.17) is 9.15 Å². The normalized spacial score (nSPS) is 15.1. The molecule has 0 amide bonds. The number of anilines is 1. The second-order valence-corrected chi connectivity index (χ2v) is 6.93. The van der Waals surface area contributed by atoms with Crippen LogP contribution in [0.2, 0.25) is 0 Å². The maximum absolute atomic E-state index is 12.0. The zero-order valence-corrected chi connectivity index (χ0v) is 16.1. The van der Waals surface area contributed by atoms with Crippen LogP contribution in [0.3, 0.4) is 0 Å². The number of hydrogen-bond acceptors (Lipinski definition) is 6. The first-order chi connectivity index (χ1) is 13.7. The third-order valence-corrected chi connectivity index (χ3v) is 5.12. The molecule has 4 rings (SSSR count). The summed E-state index contributed by atoms with van der Waals surface area (Å²) in [6.45, 7) is 6.99. The molecule has 1 aliphatic rings. The number of hydrogen-bond donors (Lipinski definition) is 0. The first-order valence-electron chi connectivity index (χ1n) is 9.81. The van der Waals surface area contributed by atoms with Gasteiger partial charge >= 0.3 is 5.97 Å². The predicted octanol–water partition coefficient (Wildman–Crippen LogP) is 3.37. The zero-order valence-electron chi connectivity index (χ0n) is 16.1. The number of esters is 1. The average Bonchev–Trinajstić information content (AvgIpc) is 3.18. The van der Waals surface area contributed by atoms with E-state index in [1.165, 1.54) is 0 Å². The Morgan fingerprint density at radius 1 is 1.14 bits per heavy atom. The van der Waals surface area contributed by atoms with E-state index in [-0.39, 0.29) is 5.76 Å². The maximum Gasteiger partial charge on any atom is 0.374 e. The van der Waals surface area contributed by atoms with Crippen LogP contribution in [0.1, 0.15) is 23.2 Å². The number of carbonyl (C=O) groups is 1. The van der Waals surface area contributed by atoms with Gasteiger partial charge in [0.2, 0.25) is 5.76 Å². The van der Waals surface area contributed by atoms with Crippen molar-refractivity contribution in [2.24, 2.45) is 0 Å². The fourth-order valence-electron chi connectivity index (χ4n) is 3.63. The summed E-state index contributed by atoms with van der Waals surface area (Å²) in [5.41, 5.74) is 2.93. The zero-order chi connectivity index (χ0) is 19.3. The van der Waals surface area contributed by atoms with E-state index in [9.17, 15) is 4.79 Å². The van der Waals surface area contributed by atoms with E-state index >= 15 is 0 Å². The van der Waals surface area contributed by atoms with Gasteiger partial charge in [0.15, 0.2) is 5.58 Å². The molecule has 3 heterocycles. The lowest BCUT2D eigenvalue weighted by Crippen LogP contribution is -2.47. The quantitative estimate of drug-likeness (QED) is 0.612. The van der Waals surface area contributed by atoms with Gasteiger partial charge in [-0.25, -0.2) is 4.79 Å². The molecule has 0 N–H and O–H groups in total. The molecule has 1 aromatic carbocycles. The van der Waals surface area contributed by atoms with Gasteiger partial charge in [-0.05, 0) is 31.2 Å². The van der Waals surface area contributed by atoms with Gasteiger partial charge in [-0.3, -0.25) is 9.88 Å². The molecular formula is C22H25N3O3. The number of pyridine rings is 1. The number of para-hydroxylation sites is 1. The lowest BCUT2D eigenvalue weighted by Gasteiger charge is -2.36. The second-order valence-electron chi connectivity index (χ2n) is 6.93. The van der Waals surface area contributed by atoms with E-state index in [2.05, 4.69) is 26.9 Å². The van der Waals surface area contributed by atoms with Crippen molar-refractivity contribution >= 4 is 22.6 Å². The molecule has 1 saturated heterocycles. The standard InChI is InChI=1S/C22H25N3O3/c1-2-27-22(26)20-16-17-6-5-8-19(21(17)28-20)25-14-12-24(13-15-25)11-9-18-7-3-4-10-23-18/h3-8,10,16H,2,9,11-15H2,1H3. The molecule has 6 nitrogen and oxygen atoms in total. The van der Waals surface area contributed by atoms with Gasteiger partial charge in [0.05, 0.1) is 12.3 Å². The lowest BCUT2D eigenvalue weighted by atomic mass is 10.2. The highest BCUT2D eigenvalue weighted by molar-refractivity contribution is 5.97. The number of furan rings is 1. The Balaban J connectivity index is 1.41. The Morgan fingerprint density at radius 3 is 2.75 bits per heavy atom. The molecular weight excluding hydrogens is 354 g/mol. The van der Waals surface area contributed by atoms with Crippen molar-refractivity contribution in [3.8, 4) is 0 Å². The Bertz CT molecular complexity index is 931. The predicted molar refractivity (Wildman–Crippen MR) is 109 cm³/mol. The summed E-state index contributed by atoms with van der Waals surface area (Å²) in [5.74, 6) is -0.151. The summed E-state index contributed by atoms with van der Waals surface area (Å²) in [7, 11) is 0.